The zero-order chi connectivity index (χ0) is 18.0. The third kappa shape index (κ3) is 3.84. The third-order valence-electron chi connectivity index (χ3n) is 3.48. The Bertz CT molecular complexity index is 863. The van der Waals surface area contributed by atoms with E-state index in [1.165, 1.54) is 0 Å². The number of aliphatic carboxylic acids is 1. The van der Waals surface area contributed by atoms with E-state index in [4.69, 9.17) is 32.7 Å². The second-order valence-electron chi connectivity index (χ2n) is 5.22. The van der Waals surface area contributed by atoms with Gasteiger partial charge in [-0.25, -0.2) is 4.98 Å². The monoisotopic (exact) mass is 393 g/mol. The van der Waals surface area contributed by atoms with Crippen molar-refractivity contribution in [2.75, 3.05) is 0 Å². The van der Waals surface area contributed by atoms with Crippen LogP contribution >= 0.6 is 35.0 Å². The van der Waals surface area contributed by atoms with Crippen LogP contribution in [0.3, 0.4) is 0 Å². The molecule has 1 N–H and O–H groups in total. The molecule has 1 atom stereocenters. The molecule has 1 heterocycles. The highest BCUT2D eigenvalue weighted by atomic mass is 35.5. The number of oxazole rings is 1. The SMILES string of the molecule is CC(Sc1nc(-c2ccccc2Cl)c(-c2ccccc2Cl)o1)C(=O)O. The minimum absolute atomic E-state index is 0.250. The molecule has 2 aromatic carbocycles. The van der Waals surface area contributed by atoms with Gasteiger partial charge in [-0.05, 0) is 25.1 Å². The van der Waals surface area contributed by atoms with Crippen molar-refractivity contribution in [3.05, 3.63) is 58.6 Å². The van der Waals surface area contributed by atoms with Crippen LogP contribution in [-0.4, -0.2) is 21.3 Å². The van der Waals surface area contributed by atoms with E-state index in [1.54, 1.807) is 19.1 Å². The zero-order valence-electron chi connectivity index (χ0n) is 13.1. The lowest BCUT2D eigenvalue weighted by molar-refractivity contribution is -0.136. The normalized spacial score (nSPS) is 12.1. The molecule has 0 spiro atoms. The highest BCUT2D eigenvalue weighted by Crippen LogP contribution is 2.41. The summed E-state index contributed by atoms with van der Waals surface area (Å²) in [6, 6.07) is 14.5. The Hall–Kier alpha value is -1.95. The van der Waals surface area contributed by atoms with E-state index >= 15 is 0 Å². The summed E-state index contributed by atoms with van der Waals surface area (Å²) < 4.78 is 5.86. The number of carbonyl (C=O) groups is 1. The number of hydrogen-bond donors (Lipinski definition) is 1. The molecule has 0 aliphatic rings. The fraction of sp³-hybridized carbons (Fsp3) is 0.111. The molecule has 0 bridgehead atoms. The van der Waals surface area contributed by atoms with Crippen LogP contribution in [0.5, 0.6) is 0 Å². The number of carboxylic acids is 1. The summed E-state index contributed by atoms with van der Waals surface area (Å²) in [7, 11) is 0. The average molecular weight is 394 g/mol. The number of thioether (sulfide) groups is 1. The summed E-state index contributed by atoms with van der Waals surface area (Å²) in [6.07, 6.45) is 0. The summed E-state index contributed by atoms with van der Waals surface area (Å²) in [4.78, 5) is 15.6. The van der Waals surface area contributed by atoms with Gasteiger partial charge in [-0.15, -0.1) is 0 Å². The standard InChI is InChI=1S/C18H13Cl2NO3S/c1-10(17(22)23)25-18-21-15(11-6-2-4-8-13(11)19)16(24-18)12-7-3-5-9-14(12)20/h2-10H,1H3,(H,22,23). The second kappa shape index (κ2) is 7.52. The molecule has 3 aromatic rings. The smallest absolute Gasteiger partial charge is 0.316 e. The lowest BCUT2D eigenvalue weighted by Gasteiger charge is -2.05. The van der Waals surface area contributed by atoms with Crippen LogP contribution in [0, 0.1) is 0 Å². The Balaban J connectivity index is 2.15. The maximum atomic E-state index is 11.1. The molecular weight excluding hydrogens is 381 g/mol. The van der Waals surface area contributed by atoms with Crippen molar-refractivity contribution in [1.29, 1.82) is 0 Å². The summed E-state index contributed by atoms with van der Waals surface area (Å²) in [6.45, 7) is 1.57. The topological polar surface area (TPSA) is 63.3 Å². The molecule has 1 unspecified atom stereocenters. The first-order chi connectivity index (χ1) is 12.0. The molecule has 0 amide bonds. The Labute approximate surface area is 158 Å². The van der Waals surface area contributed by atoms with Crippen LogP contribution < -0.4 is 0 Å². The predicted octanol–water partition coefficient (Wildman–Crippen LogP) is 5.88. The minimum atomic E-state index is -0.943. The molecule has 0 aliphatic heterocycles. The van der Waals surface area contributed by atoms with Crippen molar-refractivity contribution in [2.45, 2.75) is 17.4 Å². The van der Waals surface area contributed by atoms with Crippen molar-refractivity contribution in [3.63, 3.8) is 0 Å². The fourth-order valence-corrected chi connectivity index (χ4v) is 3.34. The van der Waals surface area contributed by atoms with Gasteiger partial charge in [0.1, 0.15) is 10.9 Å². The maximum absolute atomic E-state index is 11.1. The summed E-state index contributed by atoms with van der Waals surface area (Å²) in [5.41, 5.74) is 1.89. The van der Waals surface area contributed by atoms with Gasteiger partial charge in [-0.1, -0.05) is 65.3 Å². The van der Waals surface area contributed by atoms with Gasteiger partial charge < -0.3 is 9.52 Å². The lowest BCUT2D eigenvalue weighted by atomic mass is 10.1. The molecule has 1 aromatic heterocycles. The maximum Gasteiger partial charge on any atom is 0.316 e. The van der Waals surface area contributed by atoms with E-state index in [0.717, 1.165) is 11.8 Å². The van der Waals surface area contributed by atoms with Crippen LogP contribution in [0.2, 0.25) is 10.0 Å². The number of halogens is 2. The van der Waals surface area contributed by atoms with Crippen molar-refractivity contribution in [1.82, 2.24) is 4.98 Å². The summed E-state index contributed by atoms with van der Waals surface area (Å²) in [5.74, 6) is -0.486. The molecule has 0 radical (unpaired) electrons. The van der Waals surface area contributed by atoms with E-state index in [1.807, 2.05) is 36.4 Å². The van der Waals surface area contributed by atoms with Gasteiger partial charge >= 0.3 is 5.97 Å². The molecule has 0 aliphatic carbocycles. The molecule has 0 saturated carbocycles. The van der Waals surface area contributed by atoms with Crippen molar-refractivity contribution in [2.24, 2.45) is 0 Å². The van der Waals surface area contributed by atoms with Gasteiger partial charge in [0.15, 0.2) is 5.76 Å². The highest BCUT2D eigenvalue weighted by Gasteiger charge is 2.23. The molecule has 7 heteroatoms. The molecule has 0 fully saturated rings. The summed E-state index contributed by atoms with van der Waals surface area (Å²) >= 11 is 13.6. The number of aromatic nitrogens is 1. The Kier molecular flexibility index (Phi) is 5.37. The zero-order valence-corrected chi connectivity index (χ0v) is 15.4. The predicted molar refractivity (Wildman–Crippen MR) is 100 cm³/mol. The van der Waals surface area contributed by atoms with Crippen molar-refractivity contribution >= 4 is 40.9 Å². The highest BCUT2D eigenvalue weighted by molar-refractivity contribution is 8.00. The van der Waals surface area contributed by atoms with Gasteiger partial charge in [-0.3, -0.25) is 4.79 Å². The van der Waals surface area contributed by atoms with E-state index in [2.05, 4.69) is 4.98 Å². The summed E-state index contributed by atoms with van der Waals surface area (Å²) in [5, 5.41) is 9.69. The molecule has 128 valence electrons. The molecular formula is C18H13Cl2NO3S. The molecule has 25 heavy (non-hydrogen) atoms. The van der Waals surface area contributed by atoms with Gasteiger partial charge in [0.2, 0.25) is 0 Å². The van der Waals surface area contributed by atoms with Crippen LogP contribution in [0.1, 0.15) is 6.92 Å². The van der Waals surface area contributed by atoms with Crippen molar-refractivity contribution in [3.8, 4) is 22.6 Å². The van der Waals surface area contributed by atoms with Gasteiger partial charge in [0.25, 0.3) is 5.22 Å². The van der Waals surface area contributed by atoms with Crippen LogP contribution in [0.15, 0.2) is 58.2 Å². The first-order valence-electron chi connectivity index (χ1n) is 7.37. The number of rotatable bonds is 5. The van der Waals surface area contributed by atoms with Crippen LogP contribution in [0.4, 0.5) is 0 Å². The van der Waals surface area contributed by atoms with Gasteiger partial charge in [0.05, 0.1) is 10.0 Å². The van der Waals surface area contributed by atoms with Gasteiger partial charge in [-0.2, -0.15) is 0 Å². The van der Waals surface area contributed by atoms with E-state index in [-0.39, 0.29) is 5.22 Å². The number of hydrogen-bond acceptors (Lipinski definition) is 4. The quantitative estimate of drug-likeness (QED) is 0.548. The molecule has 0 saturated heterocycles. The average Bonchev–Trinajstić information content (AvgIpc) is 2.99. The lowest BCUT2D eigenvalue weighted by Crippen LogP contribution is -2.10. The molecule has 3 rings (SSSR count). The number of benzene rings is 2. The third-order valence-corrected chi connectivity index (χ3v) is 5.07. The van der Waals surface area contributed by atoms with Crippen molar-refractivity contribution < 1.29 is 14.3 Å². The first-order valence-corrected chi connectivity index (χ1v) is 9.01. The fourth-order valence-electron chi connectivity index (χ4n) is 2.22. The second-order valence-corrected chi connectivity index (χ2v) is 7.32. The van der Waals surface area contributed by atoms with E-state index in [9.17, 15) is 4.79 Å². The largest absolute Gasteiger partial charge is 0.480 e. The van der Waals surface area contributed by atoms with Gasteiger partial charge in [0, 0.05) is 11.1 Å². The minimum Gasteiger partial charge on any atom is -0.480 e. The Morgan fingerprint density at radius 3 is 2.20 bits per heavy atom. The van der Waals surface area contributed by atoms with E-state index in [0.29, 0.717) is 32.6 Å². The Morgan fingerprint density at radius 2 is 1.64 bits per heavy atom. The molecule has 4 nitrogen and oxygen atoms in total. The first kappa shape index (κ1) is 17.9. The Morgan fingerprint density at radius 1 is 1.08 bits per heavy atom. The number of carboxylic acid groups (broad SMARTS) is 1. The van der Waals surface area contributed by atoms with Crippen LogP contribution in [-0.2, 0) is 4.79 Å². The van der Waals surface area contributed by atoms with Crippen LogP contribution in [0.25, 0.3) is 22.6 Å². The van der Waals surface area contributed by atoms with E-state index < -0.39 is 11.2 Å². The number of nitrogens with zero attached hydrogens (tertiary/aromatic N) is 1.